The van der Waals surface area contributed by atoms with Gasteiger partial charge in [-0.25, -0.2) is 0 Å². The Kier molecular flexibility index (Phi) is 8.40. The molecule has 118 valence electrons. The molecule has 0 saturated carbocycles. The summed E-state index contributed by atoms with van der Waals surface area (Å²) in [5, 5.41) is 3.36. The monoisotopic (exact) mass is 310 g/mol. The summed E-state index contributed by atoms with van der Waals surface area (Å²) in [6, 6.07) is 10.4. The normalized spacial score (nSPS) is 17.3. The zero-order valence-electron chi connectivity index (χ0n) is 12.9. The van der Waals surface area contributed by atoms with Gasteiger partial charge in [0.2, 0.25) is 5.91 Å². The summed E-state index contributed by atoms with van der Waals surface area (Å²) in [6.07, 6.45) is 3.91. The molecule has 1 aromatic rings. The van der Waals surface area contributed by atoms with Gasteiger partial charge in [0.25, 0.3) is 0 Å². The number of amides is 1. The van der Waals surface area contributed by atoms with Crippen LogP contribution in [0.3, 0.4) is 0 Å². The molecule has 21 heavy (non-hydrogen) atoms. The van der Waals surface area contributed by atoms with E-state index in [1.54, 1.807) is 0 Å². The van der Waals surface area contributed by atoms with Gasteiger partial charge in [-0.1, -0.05) is 30.3 Å². The Hall–Kier alpha value is -1.06. The standard InChI is InChI=1S/C17H26N2O.ClH/c1-2-19(13-11-15-6-4-3-5-7-15)17(20)9-8-16-10-12-18-14-16;/h3-7,16,18H,2,8-14H2,1H3;1H. The topological polar surface area (TPSA) is 32.3 Å². The number of carbonyl (C=O) groups is 1. The third-order valence-corrected chi connectivity index (χ3v) is 4.18. The number of likely N-dealkylation sites (N-methyl/N-ethyl adjacent to an activating group) is 1. The molecule has 1 aliphatic rings. The molecule has 1 aromatic carbocycles. The van der Waals surface area contributed by atoms with Gasteiger partial charge in [-0.05, 0) is 50.8 Å². The molecule has 0 spiro atoms. The van der Waals surface area contributed by atoms with E-state index in [0.29, 0.717) is 18.2 Å². The van der Waals surface area contributed by atoms with E-state index in [9.17, 15) is 4.79 Å². The van der Waals surface area contributed by atoms with Crippen LogP contribution in [-0.4, -0.2) is 37.0 Å². The Morgan fingerprint density at radius 2 is 2.10 bits per heavy atom. The SMILES string of the molecule is CCN(CCc1ccccc1)C(=O)CCC1CCNC1.Cl. The molecule has 0 radical (unpaired) electrons. The van der Waals surface area contributed by atoms with Crippen LogP contribution in [0.2, 0.25) is 0 Å². The molecule has 1 N–H and O–H groups in total. The second kappa shape index (κ2) is 9.80. The minimum absolute atomic E-state index is 0. The molecule has 0 aromatic heterocycles. The summed E-state index contributed by atoms with van der Waals surface area (Å²) in [6.45, 7) is 5.92. The Morgan fingerprint density at radius 1 is 1.33 bits per heavy atom. The van der Waals surface area contributed by atoms with Crippen LogP contribution in [-0.2, 0) is 11.2 Å². The summed E-state index contributed by atoms with van der Waals surface area (Å²) >= 11 is 0. The Morgan fingerprint density at radius 3 is 2.71 bits per heavy atom. The molecular weight excluding hydrogens is 284 g/mol. The molecule has 3 nitrogen and oxygen atoms in total. The third kappa shape index (κ3) is 6.06. The molecule has 1 unspecified atom stereocenters. The number of carbonyl (C=O) groups excluding carboxylic acids is 1. The second-order valence-corrected chi connectivity index (χ2v) is 5.61. The maximum Gasteiger partial charge on any atom is 0.222 e. The summed E-state index contributed by atoms with van der Waals surface area (Å²) in [4.78, 5) is 14.3. The Balaban J connectivity index is 0.00000220. The van der Waals surface area contributed by atoms with Gasteiger partial charge in [0.1, 0.15) is 0 Å². The first-order valence-corrected chi connectivity index (χ1v) is 7.82. The fourth-order valence-electron chi connectivity index (χ4n) is 2.81. The van der Waals surface area contributed by atoms with Crippen molar-refractivity contribution < 1.29 is 4.79 Å². The van der Waals surface area contributed by atoms with Crippen LogP contribution in [0.1, 0.15) is 31.7 Å². The highest BCUT2D eigenvalue weighted by molar-refractivity contribution is 5.85. The fourth-order valence-corrected chi connectivity index (χ4v) is 2.81. The number of hydrogen-bond acceptors (Lipinski definition) is 2. The van der Waals surface area contributed by atoms with Crippen LogP contribution in [0.15, 0.2) is 30.3 Å². The van der Waals surface area contributed by atoms with Gasteiger partial charge in [-0.3, -0.25) is 4.79 Å². The van der Waals surface area contributed by atoms with E-state index >= 15 is 0 Å². The van der Waals surface area contributed by atoms with Crippen molar-refractivity contribution in [3.63, 3.8) is 0 Å². The number of hydrogen-bond donors (Lipinski definition) is 1. The molecule has 1 aliphatic heterocycles. The van der Waals surface area contributed by atoms with Gasteiger partial charge in [0.05, 0.1) is 0 Å². The Bertz CT molecular complexity index is 405. The van der Waals surface area contributed by atoms with Crippen molar-refractivity contribution in [2.75, 3.05) is 26.2 Å². The molecule has 2 rings (SSSR count). The van der Waals surface area contributed by atoms with E-state index in [0.717, 1.165) is 39.0 Å². The molecule has 0 bridgehead atoms. The van der Waals surface area contributed by atoms with E-state index in [1.807, 2.05) is 11.0 Å². The zero-order chi connectivity index (χ0) is 14.2. The van der Waals surface area contributed by atoms with Crippen molar-refractivity contribution in [1.82, 2.24) is 10.2 Å². The van der Waals surface area contributed by atoms with Gasteiger partial charge in [-0.2, -0.15) is 0 Å². The number of nitrogens with zero attached hydrogens (tertiary/aromatic N) is 1. The smallest absolute Gasteiger partial charge is 0.222 e. The first-order valence-electron chi connectivity index (χ1n) is 7.82. The lowest BCUT2D eigenvalue weighted by molar-refractivity contribution is -0.131. The summed E-state index contributed by atoms with van der Waals surface area (Å²) < 4.78 is 0. The first-order chi connectivity index (χ1) is 9.79. The number of halogens is 1. The quantitative estimate of drug-likeness (QED) is 0.840. The van der Waals surface area contributed by atoms with Crippen molar-refractivity contribution in [2.24, 2.45) is 5.92 Å². The lowest BCUT2D eigenvalue weighted by Gasteiger charge is -2.21. The van der Waals surface area contributed by atoms with Gasteiger partial charge in [0.15, 0.2) is 0 Å². The molecule has 1 saturated heterocycles. The summed E-state index contributed by atoms with van der Waals surface area (Å²) in [5.41, 5.74) is 1.30. The minimum Gasteiger partial charge on any atom is -0.343 e. The van der Waals surface area contributed by atoms with Crippen LogP contribution in [0.4, 0.5) is 0 Å². The van der Waals surface area contributed by atoms with E-state index in [2.05, 4.69) is 36.5 Å². The Labute approximate surface area is 134 Å². The van der Waals surface area contributed by atoms with Crippen LogP contribution >= 0.6 is 12.4 Å². The number of rotatable bonds is 7. The molecule has 1 amide bonds. The summed E-state index contributed by atoms with van der Waals surface area (Å²) in [5.74, 6) is 1.02. The van der Waals surface area contributed by atoms with Crippen LogP contribution in [0.5, 0.6) is 0 Å². The van der Waals surface area contributed by atoms with Crippen molar-refractivity contribution in [3.05, 3.63) is 35.9 Å². The molecule has 1 heterocycles. The molecule has 1 fully saturated rings. The number of nitrogens with one attached hydrogen (secondary N) is 1. The highest BCUT2D eigenvalue weighted by atomic mass is 35.5. The highest BCUT2D eigenvalue weighted by Gasteiger charge is 2.18. The van der Waals surface area contributed by atoms with E-state index < -0.39 is 0 Å². The van der Waals surface area contributed by atoms with Crippen molar-refractivity contribution in [2.45, 2.75) is 32.6 Å². The van der Waals surface area contributed by atoms with Crippen LogP contribution in [0.25, 0.3) is 0 Å². The summed E-state index contributed by atoms with van der Waals surface area (Å²) in [7, 11) is 0. The lowest BCUT2D eigenvalue weighted by Crippen LogP contribution is -2.33. The van der Waals surface area contributed by atoms with E-state index in [1.165, 1.54) is 12.0 Å². The predicted molar refractivity (Wildman–Crippen MR) is 89.9 cm³/mol. The first kappa shape index (κ1) is 18.0. The van der Waals surface area contributed by atoms with Crippen molar-refractivity contribution in [3.8, 4) is 0 Å². The average Bonchev–Trinajstić information content (AvgIpc) is 3.00. The molecule has 0 aliphatic carbocycles. The van der Waals surface area contributed by atoms with Gasteiger partial charge >= 0.3 is 0 Å². The van der Waals surface area contributed by atoms with Crippen molar-refractivity contribution in [1.29, 1.82) is 0 Å². The minimum atomic E-state index is 0. The average molecular weight is 311 g/mol. The predicted octanol–water partition coefficient (Wildman–Crippen LogP) is 2.89. The largest absolute Gasteiger partial charge is 0.343 e. The molecular formula is C17H27ClN2O. The van der Waals surface area contributed by atoms with Gasteiger partial charge in [0, 0.05) is 19.5 Å². The van der Waals surface area contributed by atoms with Crippen LogP contribution in [0, 0.1) is 5.92 Å². The highest BCUT2D eigenvalue weighted by Crippen LogP contribution is 2.15. The van der Waals surface area contributed by atoms with Gasteiger partial charge < -0.3 is 10.2 Å². The van der Waals surface area contributed by atoms with E-state index in [-0.39, 0.29) is 12.4 Å². The molecule has 4 heteroatoms. The third-order valence-electron chi connectivity index (χ3n) is 4.18. The molecule has 1 atom stereocenters. The van der Waals surface area contributed by atoms with Crippen molar-refractivity contribution >= 4 is 18.3 Å². The maximum absolute atomic E-state index is 12.3. The fraction of sp³-hybridized carbons (Fsp3) is 0.588. The van der Waals surface area contributed by atoms with E-state index in [4.69, 9.17) is 0 Å². The maximum atomic E-state index is 12.3. The second-order valence-electron chi connectivity index (χ2n) is 5.61. The number of benzene rings is 1. The lowest BCUT2D eigenvalue weighted by atomic mass is 10.0. The van der Waals surface area contributed by atoms with Gasteiger partial charge in [-0.15, -0.1) is 12.4 Å². The van der Waals surface area contributed by atoms with Crippen LogP contribution < -0.4 is 5.32 Å². The zero-order valence-corrected chi connectivity index (χ0v) is 13.7.